The zero-order valence-electron chi connectivity index (χ0n) is 7.78. The first-order valence-electron chi connectivity index (χ1n) is 4.07. The van der Waals surface area contributed by atoms with Gasteiger partial charge in [-0.1, -0.05) is 18.7 Å². The molecule has 1 aromatic carbocycles. The minimum Gasteiger partial charge on any atom is -0.166 e. The molecule has 0 saturated carbocycles. The molecule has 0 spiro atoms. The van der Waals surface area contributed by atoms with Gasteiger partial charge in [-0.15, -0.1) is 0 Å². The highest BCUT2D eigenvalue weighted by molar-refractivity contribution is 5.58. The molecule has 0 aliphatic rings. The summed E-state index contributed by atoms with van der Waals surface area (Å²) in [6.07, 6.45) is -9.10. The average Bonchev–Trinajstić information content (AvgIpc) is 2.13. The Morgan fingerprint density at radius 3 is 1.50 bits per heavy atom. The molecule has 1 rings (SSSR count). The van der Waals surface area contributed by atoms with Crippen LogP contribution in [-0.4, -0.2) is 0 Å². The van der Waals surface area contributed by atoms with Crippen LogP contribution in [0.25, 0.3) is 6.08 Å². The molecule has 1 aromatic rings. The van der Waals surface area contributed by atoms with Crippen molar-refractivity contribution >= 4 is 6.08 Å². The summed E-state index contributed by atoms with van der Waals surface area (Å²) in [5.74, 6) is 0. The Bertz CT molecular complexity index is 367. The first-order chi connectivity index (χ1) is 7.18. The molecule has 88 valence electrons. The van der Waals surface area contributed by atoms with Gasteiger partial charge in [-0.05, 0) is 17.7 Å². The standard InChI is InChI=1S/C10H6F6/c1-2-6-7(9(11,12)13)4-3-5-8(6)10(14,15)16/h2-5H,1H2. The largest absolute Gasteiger partial charge is 0.417 e. The van der Waals surface area contributed by atoms with E-state index in [1.807, 2.05) is 0 Å². The molecule has 0 atom stereocenters. The molecular formula is C10H6F6. The van der Waals surface area contributed by atoms with Crippen LogP contribution in [0, 0.1) is 0 Å². The molecule has 0 aromatic heterocycles. The molecular weight excluding hydrogens is 234 g/mol. The Morgan fingerprint density at radius 1 is 0.875 bits per heavy atom. The molecule has 0 N–H and O–H groups in total. The van der Waals surface area contributed by atoms with Crippen molar-refractivity contribution in [2.24, 2.45) is 0 Å². The molecule has 0 radical (unpaired) electrons. The second kappa shape index (κ2) is 3.84. The minimum absolute atomic E-state index is 0.561. The maximum atomic E-state index is 12.4. The SMILES string of the molecule is C=Cc1c(C(F)(F)F)cccc1C(F)(F)F. The van der Waals surface area contributed by atoms with E-state index in [0.29, 0.717) is 18.2 Å². The number of benzene rings is 1. The van der Waals surface area contributed by atoms with Crippen LogP contribution < -0.4 is 0 Å². The summed E-state index contributed by atoms with van der Waals surface area (Å²) in [5.41, 5.74) is -3.61. The maximum absolute atomic E-state index is 12.4. The fraction of sp³-hybridized carbons (Fsp3) is 0.200. The van der Waals surface area contributed by atoms with Crippen molar-refractivity contribution < 1.29 is 26.3 Å². The van der Waals surface area contributed by atoms with E-state index in [0.717, 1.165) is 6.07 Å². The minimum atomic E-state index is -4.83. The molecule has 0 heterocycles. The smallest absolute Gasteiger partial charge is 0.166 e. The molecule has 6 heteroatoms. The highest BCUT2D eigenvalue weighted by Crippen LogP contribution is 2.39. The van der Waals surface area contributed by atoms with Crippen LogP contribution in [0.2, 0.25) is 0 Å². The number of alkyl halides is 6. The van der Waals surface area contributed by atoms with Crippen LogP contribution in [0.15, 0.2) is 24.8 Å². The highest BCUT2D eigenvalue weighted by Gasteiger charge is 2.39. The summed E-state index contributed by atoms with van der Waals surface area (Å²) in [4.78, 5) is 0. The highest BCUT2D eigenvalue weighted by atomic mass is 19.4. The Kier molecular flexibility index (Phi) is 3.03. The topological polar surface area (TPSA) is 0 Å². The lowest BCUT2D eigenvalue weighted by Crippen LogP contribution is -2.14. The van der Waals surface area contributed by atoms with E-state index in [4.69, 9.17) is 0 Å². The summed E-state index contributed by atoms with van der Waals surface area (Å²) in [7, 11) is 0. The van der Waals surface area contributed by atoms with Crippen LogP contribution in [0.1, 0.15) is 16.7 Å². The van der Waals surface area contributed by atoms with Crippen molar-refractivity contribution in [3.8, 4) is 0 Å². The Hall–Kier alpha value is -1.46. The Labute approximate surface area is 87.2 Å². The normalized spacial score (nSPS) is 12.6. The molecule has 0 saturated heterocycles. The number of rotatable bonds is 1. The predicted molar refractivity (Wildman–Crippen MR) is 46.5 cm³/mol. The van der Waals surface area contributed by atoms with Crippen molar-refractivity contribution in [2.75, 3.05) is 0 Å². The lowest BCUT2D eigenvalue weighted by atomic mass is 10.0. The van der Waals surface area contributed by atoms with E-state index in [1.54, 1.807) is 0 Å². The lowest BCUT2D eigenvalue weighted by Gasteiger charge is -2.15. The van der Waals surface area contributed by atoms with Crippen LogP contribution >= 0.6 is 0 Å². The number of hydrogen-bond acceptors (Lipinski definition) is 0. The van der Waals surface area contributed by atoms with Gasteiger partial charge >= 0.3 is 12.4 Å². The molecule has 0 unspecified atom stereocenters. The summed E-state index contributed by atoms with van der Waals surface area (Å²) < 4.78 is 74.3. The van der Waals surface area contributed by atoms with Crippen LogP contribution in [0.3, 0.4) is 0 Å². The van der Waals surface area contributed by atoms with Crippen molar-refractivity contribution in [2.45, 2.75) is 12.4 Å². The Morgan fingerprint density at radius 2 is 1.25 bits per heavy atom. The summed E-state index contributed by atoms with van der Waals surface area (Å²) >= 11 is 0. The summed E-state index contributed by atoms with van der Waals surface area (Å²) in [5, 5.41) is 0. The van der Waals surface area contributed by atoms with Crippen molar-refractivity contribution in [3.63, 3.8) is 0 Å². The van der Waals surface area contributed by atoms with E-state index in [2.05, 4.69) is 6.58 Å². The zero-order valence-corrected chi connectivity index (χ0v) is 7.78. The van der Waals surface area contributed by atoms with Crippen LogP contribution in [0.5, 0.6) is 0 Å². The van der Waals surface area contributed by atoms with E-state index in [1.165, 1.54) is 0 Å². The van der Waals surface area contributed by atoms with Crippen molar-refractivity contribution in [1.82, 2.24) is 0 Å². The fourth-order valence-corrected chi connectivity index (χ4v) is 1.28. The number of halogens is 6. The molecule has 0 nitrogen and oxygen atoms in total. The molecule has 16 heavy (non-hydrogen) atoms. The monoisotopic (exact) mass is 240 g/mol. The van der Waals surface area contributed by atoms with E-state index in [-0.39, 0.29) is 0 Å². The number of hydrogen-bond donors (Lipinski definition) is 0. The van der Waals surface area contributed by atoms with Gasteiger partial charge in [0, 0.05) is 0 Å². The third-order valence-corrected chi connectivity index (χ3v) is 1.92. The van der Waals surface area contributed by atoms with Gasteiger partial charge in [-0.2, -0.15) is 26.3 Å². The fourth-order valence-electron chi connectivity index (χ4n) is 1.28. The molecule has 0 aliphatic heterocycles. The van der Waals surface area contributed by atoms with Gasteiger partial charge in [0.2, 0.25) is 0 Å². The third kappa shape index (κ3) is 2.37. The third-order valence-electron chi connectivity index (χ3n) is 1.92. The molecule has 0 fully saturated rings. The first-order valence-corrected chi connectivity index (χ1v) is 4.07. The second-order valence-electron chi connectivity index (χ2n) is 2.97. The molecule has 0 aliphatic carbocycles. The van der Waals surface area contributed by atoms with Gasteiger partial charge in [0.1, 0.15) is 0 Å². The summed E-state index contributed by atoms with van der Waals surface area (Å²) in [6, 6.07) is 1.90. The van der Waals surface area contributed by atoms with Gasteiger partial charge in [-0.3, -0.25) is 0 Å². The van der Waals surface area contributed by atoms with Gasteiger partial charge in [0.05, 0.1) is 11.1 Å². The summed E-state index contributed by atoms with van der Waals surface area (Å²) in [6.45, 7) is 2.98. The van der Waals surface area contributed by atoms with E-state index < -0.39 is 29.0 Å². The van der Waals surface area contributed by atoms with Gasteiger partial charge in [0.15, 0.2) is 0 Å². The predicted octanol–water partition coefficient (Wildman–Crippen LogP) is 4.37. The Balaban J connectivity index is 3.51. The lowest BCUT2D eigenvalue weighted by molar-refractivity contribution is -0.143. The van der Waals surface area contributed by atoms with Gasteiger partial charge in [-0.25, -0.2) is 0 Å². The van der Waals surface area contributed by atoms with Gasteiger partial charge in [0.25, 0.3) is 0 Å². The van der Waals surface area contributed by atoms with Gasteiger partial charge < -0.3 is 0 Å². The maximum Gasteiger partial charge on any atom is 0.417 e. The average molecular weight is 240 g/mol. The first kappa shape index (κ1) is 12.6. The van der Waals surface area contributed by atoms with Crippen molar-refractivity contribution in [1.29, 1.82) is 0 Å². The van der Waals surface area contributed by atoms with E-state index in [9.17, 15) is 26.3 Å². The zero-order chi connectivity index (χ0) is 12.6. The molecule has 0 bridgehead atoms. The second-order valence-corrected chi connectivity index (χ2v) is 2.97. The quantitative estimate of drug-likeness (QED) is 0.639. The van der Waals surface area contributed by atoms with E-state index >= 15 is 0 Å². The molecule has 0 amide bonds. The van der Waals surface area contributed by atoms with Crippen LogP contribution in [0.4, 0.5) is 26.3 Å². The van der Waals surface area contributed by atoms with Crippen LogP contribution in [-0.2, 0) is 12.4 Å². The van der Waals surface area contributed by atoms with Crippen molar-refractivity contribution in [3.05, 3.63) is 41.5 Å².